The fourth-order valence-electron chi connectivity index (χ4n) is 3.02. The number of methoxy groups -OCH3 is 1. The van der Waals surface area contributed by atoms with Crippen molar-refractivity contribution in [1.29, 1.82) is 4.78 Å². The zero-order valence-corrected chi connectivity index (χ0v) is 20.4. The lowest BCUT2D eigenvalue weighted by atomic mass is 10.0. The van der Waals surface area contributed by atoms with Crippen molar-refractivity contribution in [3.8, 4) is 17.0 Å². The smallest absolute Gasteiger partial charge is 0.332 e. The van der Waals surface area contributed by atoms with Crippen LogP contribution >= 0.6 is 0 Å². The summed E-state index contributed by atoms with van der Waals surface area (Å²) in [6.07, 6.45) is 2.25. The van der Waals surface area contributed by atoms with E-state index in [9.17, 15) is 18.5 Å². The van der Waals surface area contributed by atoms with E-state index in [0.717, 1.165) is 0 Å². The first-order valence-electron chi connectivity index (χ1n) is 10.5. The number of aliphatic hydroxyl groups is 1. The molecule has 0 aliphatic rings. The molecule has 4 N–H and O–H groups in total. The lowest BCUT2D eigenvalue weighted by Gasteiger charge is -2.16. The maximum atomic E-state index is 14.1. The number of ether oxygens (including phenoxy) is 1. The molecule has 2 unspecified atom stereocenters. The molecular formula is C22H29FN6O4S. The second-order valence-corrected chi connectivity index (χ2v) is 8.80. The van der Waals surface area contributed by atoms with Gasteiger partial charge in [-0.05, 0) is 49.2 Å². The zero-order chi connectivity index (χ0) is 25.5. The Morgan fingerprint density at radius 1 is 1.32 bits per heavy atom. The second kappa shape index (κ2) is 11.6. The molecule has 3 aromatic rings. The molecule has 10 nitrogen and oxygen atoms in total. The molecular weight excluding hydrogens is 463 g/mol. The molecule has 2 heterocycles. The van der Waals surface area contributed by atoms with Gasteiger partial charge in [0.05, 0.1) is 25.4 Å². The monoisotopic (exact) mass is 492 g/mol. The number of nitrogens with zero attached hydrogens (tertiary/aromatic N) is 3. The molecule has 2 aromatic heterocycles. The number of hydrogen-bond donors (Lipinski definition) is 4. The Balaban J connectivity index is 0.00000199. The van der Waals surface area contributed by atoms with Gasteiger partial charge in [0.15, 0.2) is 14.9 Å². The van der Waals surface area contributed by atoms with Crippen LogP contribution in [0.5, 0.6) is 5.88 Å². The first-order valence-corrected chi connectivity index (χ1v) is 12.0. The van der Waals surface area contributed by atoms with E-state index in [1.807, 2.05) is 13.8 Å². The summed E-state index contributed by atoms with van der Waals surface area (Å²) in [4.78, 5) is 16.6. The fraction of sp³-hybridized carbons (Fsp3) is 0.318. The summed E-state index contributed by atoms with van der Waals surface area (Å²) in [5, 5.41) is 15.8. The molecule has 0 spiro atoms. The molecule has 184 valence electrons. The summed E-state index contributed by atoms with van der Waals surface area (Å²) in [5.41, 5.74) is 1.59. The van der Waals surface area contributed by atoms with Crippen molar-refractivity contribution in [2.45, 2.75) is 45.4 Å². The van der Waals surface area contributed by atoms with E-state index < -0.39 is 27.9 Å². The summed E-state index contributed by atoms with van der Waals surface area (Å²) in [7, 11) is -2.34. The number of anilines is 1. The van der Waals surface area contributed by atoms with Gasteiger partial charge in [-0.1, -0.05) is 13.8 Å². The minimum absolute atomic E-state index is 0.148. The zero-order valence-electron chi connectivity index (χ0n) is 19.6. The largest absolute Gasteiger partial charge is 0.481 e. The third-order valence-corrected chi connectivity index (χ3v) is 5.67. The van der Waals surface area contributed by atoms with Crippen LogP contribution in [0.25, 0.3) is 11.1 Å². The van der Waals surface area contributed by atoms with E-state index in [-0.39, 0.29) is 17.3 Å². The molecule has 0 aliphatic carbocycles. The third kappa shape index (κ3) is 6.75. The predicted molar refractivity (Wildman–Crippen MR) is 127 cm³/mol. The Labute approximate surface area is 198 Å². The van der Waals surface area contributed by atoms with E-state index in [1.54, 1.807) is 26.0 Å². The number of aliphatic hydroxyl groups excluding tert-OH is 1. The Morgan fingerprint density at radius 3 is 2.68 bits per heavy atom. The van der Waals surface area contributed by atoms with Crippen molar-refractivity contribution in [3.63, 3.8) is 0 Å². The van der Waals surface area contributed by atoms with E-state index in [1.165, 1.54) is 42.4 Å². The third-order valence-electron chi connectivity index (χ3n) is 4.39. The number of urea groups is 1. The van der Waals surface area contributed by atoms with Crippen molar-refractivity contribution in [2.75, 3.05) is 12.4 Å². The Kier molecular flexibility index (Phi) is 9.10. The molecule has 34 heavy (non-hydrogen) atoms. The molecule has 0 saturated carbocycles. The predicted octanol–water partition coefficient (Wildman–Crippen LogP) is 3.95. The van der Waals surface area contributed by atoms with Gasteiger partial charge in [0.2, 0.25) is 5.88 Å². The van der Waals surface area contributed by atoms with E-state index in [4.69, 9.17) is 9.52 Å². The summed E-state index contributed by atoms with van der Waals surface area (Å²) < 4.78 is 43.4. The number of nitrogens with one attached hydrogen (secondary N) is 3. The van der Waals surface area contributed by atoms with Gasteiger partial charge >= 0.3 is 6.03 Å². The van der Waals surface area contributed by atoms with Crippen molar-refractivity contribution >= 4 is 21.6 Å². The van der Waals surface area contributed by atoms with Crippen LogP contribution in [-0.2, 0) is 16.5 Å². The van der Waals surface area contributed by atoms with Gasteiger partial charge in [0.1, 0.15) is 5.82 Å². The normalized spacial score (nSPS) is 13.1. The molecule has 0 saturated heterocycles. The van der Waals surface area contributed by atoms with Gasteiger partial charge in [-0.15, -0.1) is 0 Å². The first-order chi connectivity index (χ1) is 16.1. The number of halogens is 1. The van der Waals surface area contributed by atoms with Crippen LogP contribution in [0.4, 0.5) is 14.9 Å². The molecule has 1 aromatic carbocycles. The maximum absolute atomic E-state index is 14.1. The highest BCUT2D eigenvalue weighted by molar-refractivity contribution is 7.91. The summed E-state index contributed by atoms with van der Waals surface area (Å²) >= 11 is 0. The second-order valence-electron chi connectivity index (χ2n) is 7.07. The van der Waals surface area contributed by atoms with Crippen LogP contribution in [0.1, 0.15) is 26.3 Å². The van der Waals surface area contributed by atoms with Crippen LogP contribution in [0.2, 0.25) is 0 Å². The van der Waals surface area contributed by atoms with Crippen molar-refractivity contribution in [2.24, 2.45) is 0 Å². The average Bonchev–Trinajstić information content (AvgIpc) is 3.25. The summed E-state index contributed by atoms with van der Waals surface area (Å²) in [6.45, 7) is 7.32. The molecule has 12 heteroatoms. The number of rotatable bonds is 7. The standard InChI is InChI=1S/C20H23FN6O4S.C2H6/c1-12-8-15(21)10-16(14-4-6-23-17(9-14)31-3)19(12)24-20(29)26-32(22,30)18-5-7-27(25-18)11-13(2)28;1-2/h4-10,13,28H,11H2,1-3H3,(H3,22,24,26,29,30);1-2H3. The van der Waals surface area contributed by atoms with Crippen molar-refractivity contribution in [3.05, 3.63) is 54.1 Å². The lowest BCUT2D eigenvalue weighted by Crippen LogP contribution is -2.34. The number of benzene rings is 1. The van der Waals surface area contributed by atoms with Gasteiger partial charge in [-0.25, -0.2) is 27.9 Å². The lowest BCUT2D eigenvalue weighted by molar-refractivity contribution is 0.168. The van der Waals surface area contributed by atoms with E-state index >= 15 is 0 Å². The molecule has 0 bridgehead atoms. The minimum Gasteiger partial charge on any atom is -0.481 e. The van der Waals surface area contributed by atoms with Gasteiger partial charge < -0.3 is 15.2 Å². The first kappa shape index (κ1) is 26.7. The SMILES string of the molecule is CC.COc1cc(-c2cc(F)cc(C)c2NC(=O)NS(=N)(=O)c2ccn(CC(C)O)n2)ccn1. The van der Waals surface area contributed by atoms with Crippen LogP contribution in [-0.4, -0.2) is 43.3 Å². The van der Waals surface area contributed by atoms with E-state index in [0.29, 0.717) is 22.6 Å². The van der Waals surface area contributed by atoms with Crippen LogP contribution < -0.4 is 14.8 Å². The fourth-order valence-corrected chi connectivity index (χ4v) is 3.91. The quantitative estimate of drug-likeness (QED) is 0.393. The number of amides is 2. The number of pyridine rings is 1. The number of carbonyl (C=O) groups excluding carboxylic acids is 1. The highest BCUT2D eigenvalue weighted by Crippen LogP contribution is 2.33. The number of hydrogen-bond acceptors (Lipinski definition) is 7. The van der Waals surface area contributed by atoms with Crippen molar-refractivity contribution < 1.29 is 23.2 Å². The Bertz CT molecular complexity index is 1240. The summed E-state index contributed by atoms with van der Waals surface area (Å²) in [6, 6.07) is 6.10. The Morgan fingerprint density at radius 2 is 2.03 bits per heavy atom. The highest BCUT2D eigenvalue weighted by atomic mass is 32.2. The van der Waals surface area contributed by atoms with Crippen LogP contribution in [0.15, 0.2) is 47.8 Å². The van der Waals surface area contributed by atoms with Gasteiger partial charge in [-0.3, -0.25) is 4.68 Å². The molecule has 0 fully saturated rings. The van der Waals surface area contributed by atoms with Crippen molar-refractivity contribution in [1.82, 2.24) is 19.5 Å². The van der Waals surface area contributed by atoms with Gasteiger partial charge in [-0.2, -0.15) is 5.10 Å². The molecule has 3 rings (SSSR count). The topological polar surface area (TPSA) is 142 Å². The van der Waals surface area contributed by atoms with Gasteiger partial charge in [0.25, 0.3) is 0 Å². The number of carbonyl (C=O) groups is 1. The van der Waals surface area contributed by atoms with Crippen LogP contribution in [0.3, 0.4) is 0 Å². The molecule has 0 radical (unpaired) electrons. The van der Waals surface area contributed by atoms with E-state index in [2.05, 4.69) is 20.1 Å². The highest BCUT2D eigenvalue weighted by Gasteiger charge is 2.20. The average molecular weight is 493 g/mol. The molecule has 2 atom stereocenters. The summed E-state index contributed by atoms with van der Waals surface area (Å²) in [5.74, 6) is -0.200. The van der Waals surface area contributed by atoms with Gasteiger partial charge in [0, 0.05) is 24.0 Å². The Hall–Kier alpha value is -3.51. The molecule has 2 amide bonds. The number of aryl methyl sites for hydroxylation is 1. The maximum Gasteiger partial charge on any atom is 0.332 e. The molecule has 0 aliphatic heterocycles. The number of aromatic nitrogens is 3. The minimum atomic E-state index is -3.78. The van der Waals surface area contributed by atoms with Crippen LogP contribution in [0, 0.1) is 17.5 Å².